The second-order valence-electron chi connectivity index (χ2n) is 4.79. The van der Waals surface area contributed by atoms with Crippen LogP contribution in [0, 0.1) is 0 Å². The maximum atomic E-state index is 10.3. The molecule has 0 N–H and O–H groups in total. The number of ether oxygens (including phenoxy) is 1. The molecule has 0 bridgehead atoms. The number of benzene rings is 1. The van der Waals surface area contributed by atoms with Gasteiger partial charge in [-0.25, -0.2) is 0 Å². The highest BCUT2D eigenvalue weighted by atomic mass is 16.5. The Balaban J connectivity index is 2.43. The largest absolute Gasteiger partial charge is 0.486 e. The predicted molar refractivity (Wildman–Crippen MR) is 68.6 cm³/mol. The minimum Gasteiger partial charge on any atom is -0.486 e. The molecule has 0 aromatic heterocycles. The highest BCUT2D eigenvalue weighted by Gasteiger charge is 2.37. The van der Waals surface area contributed by atoms with Crippen LogP contribution in [-0.4, -0.2) is 19.9 Å². The number of allylic oxidation sites excluding steroid dienone is 1. The third kappa shape index (κ3) is 1.71. The molecule has 0 spiro atoms. The summed E-state index contributed by atoms with van der Waals surface area (Å²) >= 11 is 0. The smallest absolute Gasteiger partial charge is 0.157 e. The molecule has 1 aromatic rings. The second-order valence-corrected chi connectivity index (χ2v) is 4.79. The van der Waals surface area contributed by atoms with E-state index in [1.165, 1.54) is 5.56 Å². The summed E-state index contributed by atoms with van der Waals surface area (Å²) in [5.74, 6) is 0.729. The molecule has 17 heavy (non-hydrogen) atoms. The second kappa shape index (κ2) is 3.91. The number of anilines is 1. The molecule has 1 aliphatic heterocycles. The molecule has 1 aliphatic rings. The number of hydrogen-bond donors (Lipinski definition) is 0. The molecule has 0 aliphatic carbocycles. The van der Waals surface area contributed by atoms with E-state index < -0.39 is 0 Å². The topological polar surface area (TPSA) is 29.5 Å². The molecule has 0 saturated carbocycles. The average molecular weight is 231 g/mol. The van der Waals surface area contributed by atoms with Gasteiger partial charge in [-0.2, -0.15) is 0 Å². The molecule has 0 saturated heterocycles. The minimum atomic E-state index is -0.0926. The van der Waals surface area contributed by atoms with Gasteiger partial charge in [-0.1, -0.05) is 20.4 Å². The van der Waals surface area contributed by atoms with E-state index in [1.807, 2.05) is 25.2 Å². The third-order valence-electron chi connectivity index (χ3n) is 3.45. The lowest BCUT2D eigenvalue weighted by Gasteiger charge is -2.22. The van der Waals surface area contributed by atoms with E-state index in [1.54, 1.807) is 0 Å². The number of nitrogens with zero attached hydrogens (tertiary/aromatic N) is 1. The van der Waals surface area contributed by atoms with Gasteiger partial charge in [0.2, 0.25) is 0 Å². The number of fused-ring (bicyclic) bond motifs is 1. The van der Waals surface area contributed by atoms with E-state index in [-0.39, 0.29) is 12.0 Å². The summed E-state index contributed by atoms with van der Waals surface area (Å²) in [5.41, 5.74) is 3.32. The highest BCUT2D eigenvalue weighted by molar-refractivity contribution is 5.70. The van der Waals surface area contributed by atoms with Gasteiger partial charge in [0.1, 0.15) is 12.4 Å². The van der Waals surface area contributed by atoms with Crippen molar-refractivity contribution in [3.63, 3.8) is 0 Å². The first kappa shape index (κ1) is 11.7. The Morgan fingerprint density at radius 2 is 2.18 bits per heavy atom. The van der Waals surface area contributed by atoms with Gasteiger partial charge in [0.05, 0.1) is 0 Å². The Kier molecular flexibility index (Phi) is 2.69. The molecular formula is C14H17NO2. The SMILES string of the molecule is C=C1N(C)c2ccc(OCC=O)cc2C1(C)C. The minimum absolute atomic E-state index is 0.0926. The summed E-state index contributed by atoms with van der Waals surface area (Å²) in [6, 6.07) is 5.89. The van der Waals surface area contributed by atoms with Crippen LogP contribution in [-0.2, 0) is 10.2 Å². The first-order valence-corrected chi connectivity index (χ1v) is 5.62. The van der Waals surface area contributed by atoms with Crippen molar-refractivity contribution >= 4 is 12.0 Å². The number of rotatable bonds is 3. The summed E-state index contributed by atoms with van der Waals surface area (Å²) in [5, 5.41) is 0. The molecular weight excluding hydrogens is 214 g/mol. The first-order valence-electron chi connectivity index (χ1n) is 5.62. The Labute approximate surface area is 102 Å². The fourth-order valence-corrected chi connectivity index (χ4v) is 2.25. The van der Waals surface area contributed by atoms with Crippen molar-refractivity contribution in [2.45, 2.75) is 19.3 Å². The zero-order valence-corrected chi connectivity index (χ0v) is 10.5. The van der Waals surface area contributed by atoms with Crippen LogP contribution < -0.4 is 9.64 Å². The fraction of sp³-hybridized carbons (Fsp3) is 0.357. The van der Waals surface area contributed by atoms with Crippen LogP contribution in [0.3, 0.4) is 0 Å². The summed E-state index contributed by atoms with van der Waals surface area (Å²) < 4.78 is 5.33. The Morgan fingerprint density at radius 3 is 2.82 bits per heavy atom. The quantitative estimate of drug-likeness (QED) is 0.749. The van der Waals surface area contributed by atoms with E-state index in [0.29, 0.717) is 0 Å². The van der Waals surface area contributed by atoms with Gasteiger partial charge in [-0.15, -0.1) is 0 Å². The Bertz CT molecular complexity index is 477. The van der Waals surface area contributed by atoms with E-state index in [0.717, 1.165) is 23.4 Å². The van der Waals surface area contributed by atoms with E-state index in [4.69, 9.17) is 4.74 Å². The average Bonchev–Trinajstić information content (AvgIpc) is 2.49. The van der Waals surface area contributed by atoms with Crippen molar-refractivity contribution in [3.05, 3.63) is 36.0 Å². The van der Waals surface area contributed by atoms with Crippen molar-refractivity contribution in [1.29, 1.82) is 0 Å². The highest BCUT2D eigenvalue weighted by Crippen LogP contribution is 2.47. The molecule has 1 heterocycles. The van der Waals surface area contributed by atoms with Gasteiger partial charge in [-0.05, 0) is 23.8 Å². The van der Waals surface area contributed by atoms with E-state index in [2.05, 4.69) is 25.3 Å². The molecule has 0 atom stereocenters. The zero-order chi connectivity index (χ0) is 12.6. The Hall–Kier alpha value is -1.77. The van der Waals surface area contributed by atoms with E-state index in [9.17, 15) is 4.79 Å². The van der Waals surface area contributed by atoms with Crippen LogP contribution in [0.4, 0.5) is 5.69 Å². The Morgan fingerprint density at radius 1 is 1.47 bits per heavy atom. The molecule has 2 rings (SSSR count). The van der Waals surface area contributed by atoms with Crippen LogP contribution >= 0.6 is 0 Å². The molecule has 3 heteroatoms. The van der Waals surface area contributed by atoms with Gasteiger partial charge in [0.25, 0.3) is 0 Å². The summed E-state index contributed by atoms with van der Waals surface area (Å²) in [4.78, 5) is 12.4. The summed E-state index contributed by atoms with van der Waals surface area (Å²) in [7, 11) is 2.02. The number of carbonyl (C=O) groups excluding carboxylic acids is 1. The molecule has 0 fully saturated rings. The lowest BCUT2D eigenvalue weighted by molar-refractivity contribution is -0.109. The standard InChI is InChI=1S/C14H17NO2/c1-10-14(2,3)12-9-11(17-8-7-16)5-6-13(12)15(10)4/h5-7,9H,1,8H2,2-4H3. The van der Waals surface area contributed by atoms with Gasteiger partial charge >= 0.3 is 0 Å². The molecule has 3 nitrogen and oxygen atoms in total. The fourth-order valence-electron chi connectivity index (χ4n) is 2.25. The van der Waals surface area contributed by atoms with Crippen LogP contribution in [0.25, 0.3) is 0 Å². The maximum absolute atomic E-state index is 10.3. The van der Waals surface area contributed by atoms with Gasteiger partial charge in [-0.3, -0.25) is 4.79 Å². The summed E-state index contributed by atoms with van der Waals surface area (Å²) in [6.45, 7) is 8.50. The van der Waals surface area contributed by atoms with Gasteiger partial charge < -0.3 is 9.64 Å². The first-order chi connectivity index (χ1) is 7.98. The van der Waals surface area contributed by atoms with Crippen LogP contribution in [0.5, 0.6) is 5.75 Å². The molecule has 0 radical (unpaired) electrons. The number of carbonyl (C=O) groups is 1. The maximum Gasteiger partial charge on any atom is 0.157 e. The number of likely N-dealkylation sites (N-methyl/N-ethyl adjacent to an activating group) is 1. The van der Waals surface area contributed by atoms with Crippen molar-refractivity contribution in [1.82, 2.24) is 0 Å². The van der Waals surface area contributed by atoms with Crippen LogP contribution in [0.2, 0.25) is 0 Å². The van der Waals surface area contributed by atoms with Crippen molar-refractivity contribution < 1.29 is 9.53 Å². The van der Waals surface area contributed by atoms with Gasteiger partial charge in [0.15, 0.2) is 6.29 Å². The molecule has 1 aromatic carbocycles. The van der Waals surface area contributed by atoms with Crippen LogP contribution in [0.15, 0.2) is 30.5 Å². The molecule has 90 valence electrons. The third-order valence-corrected chi connectivity index (χ3v) is 3.45. The zero-order valence-electron chi connectivity index (χ0n) is 10.5. The lowest BCUT2D eigenvalue weighted by Crippen LogP contribution is -2.21. The monoisotopic (exact) mass is 231 g/mol. The predicted octanol–water partition coefficient (Wildman–Crippen LogP) is 2.51. The normalized spacial score (nSPS) is 16.9. The van der Waals surface area contributed by atoms with Crippen LogP contribution in [0.1, 0.15) is 19.4 Å². The molecule has 0 amide bonds. The van der Waals surface area contributed by atoms with Gasteiger partial charge in [0, 0.05) is 23.8 Å². The van der Waals surface area contributed by atoms with Crippen molar-refractivity contribution in [2.24, 2.45) is 0 Å². The van der Waals surface area contributed by atoms with Crippen molar-refractivity contribution in [3.8, 4) is 5.75 Å². The van der Waals surface area contributed by atoms with Crippen molar-refractivity contribution in [2.75, 3.05) is 18.6 Å². The number of aldehydes is 1. The van der Waals surface area contributed by atoms with E-state index >= 15 is 0 Å². The number of hydrogen-bond acceptors (Lipinski definition) is 3. The lowest BCUT2D eigenvalue weighted by atomic mass is 9.84. The summed E-state index contributed by atoms with van der Waals surface area (Å²) in [6.07, 6.45) is 0.753. The molecule has 0 unspecified atom stereocenters.